The van der Waals surface area contributed by atoms with Crippen molar-refractivity contribution in [3.8, 4) is 0 Å². The van der Waals surface area contributed by atoms with Gasteiger partial charge in [-0.25, -0.2) is 0 Å². The smallest absolute Gasteiger partial charge is 0.299 e. The van der Waals surface area contributed by atoms with Gasteiger partial charge in [0.1, 0.15) is 5.78 Å². The van der Waals surface area contributed by atoms with Crippen LogP contribution < -0.4 is 0 Å². The van der Waals surface area contributed by atoms with Crippen molar-refractivity contribution in [2.24, 2.45) is 11.8 Å². The molecule has 0 saturated heterocycles. The van der Waals surface area contributed by atoms with Gasteiger partial charge in [-0.1, -0.05) is 18.9 Å². The molecule has 1 saturated carbocycles. The molecule has 2 atom stereocenters. The van der Waals surface area contributed by atoms with Crippen LogP contribution in [0.1, 0.15) is 31.4 Å². The van der Waals surface area contributed by atoms with Crippen molar-refractivity contribution < 1.29 is 18.0 Å². The minimum Gasteiger partial charge on any atom is -0.299 e. The summed E-state index contributed by atoms with van der Waals surface area (Å²) in [6.45, 7) is 0. The molecule has 0 radical (unpaired) electrons. The molecular formula is C14H16F3NO. The van der Waals surface area contributed by atoms with Crippen LogP contribution in [0, 0.1) is 11.8 Å². The first-order valence-corrected chi connectivity index (χ1v) is 6.48. The van der Waals surface area contributed by atoms with Gasteiger partial charge < -0.3 is 0 Å². The maximum Gasteiger partial charge on any atom is 0.392 e. The molecule has 1 aliphatic rings. The number of rotatable bonds is 3. The van der Waals surface area contributed by atoms with Gasteiger partial charge in [-0.05, 0) is 25.0 Å². The molecule has 0 N–H and O–H groups in total. The van der Waals surface area contributed by atoms with Gasteiger partial charge in [0.05, 0.1) is 5.92 Å². The summed E-state index contributed by atoms with van der Waals surface area (Å²) >= 11 is 0. The molecular weight excluding hydrogens is 255 g/mol. The Hall–Kier alpha value is -1.39. The van der Waals surface area contributed by atoms with Crippen molar-refractivity contribution in [1.82, 2.24) is 4.98 Å². The zero-order chi connectivity index (χ0) is 13.9. The summed E-state index contributed by atoms with van der Waals surface area (Å²) in [6, 6.07) is 5.12. The maximum atomic E-state index is 12.9. The Bertz CT molecular complexity index is 430. The summed E-state index contributed by atoms with van der Waals surface area (Å²) in [5, 5.41) is 0. The zero-order valence-corrected chi connectivity index (χ0v) is 10.5. The van der Waals surface area contributed by atoms with Crippen LogP contribution in [0.4, 0.5) is 13.2 Å². The number of hydrogen-bond donors (Lipinski definition) is 0. The van der Waals surface area contributed by atoms with Crippen molar-refractivity contribution in [2.45, 2.75) is 38.3 Å². The van der Waals surface area contributed by atoms with Crippen LogP contribution in [0.15, 0.2) is 24.4 Å². The van der Waals surface area contributed by atoms with Crippen molar-refractivity contribution in [1.29, 1.82) is 0 Å². The van der Waals surface area contributed by atoms with Gasteiger partial charge in [-0.3, -0.25) is 9.78 Å². The lowest BCUT2D eigenvalue weighted by molar-refractivity contribution is -0.197. The lowest BCUT2D eigenvalue weighted by atomic mass is 9.75. The molecule has 1 heterocycles. The minimum atomic E-state index is -4.27. The number of Topliss-reactive ketones (excluding diaryl/α,β-unsaturated/α-hetero) is 1. The van der Waals surface area contributed by atoms with Gasteiger partial charge in [0.2, 0.25) is 0 Å². The van der Waals surface area contributed by atoms with Gasteiger partial charge in [0.15, 0.2) is 0 Å². The molecule has 0 bridgehead atoms. The maximum absolute atomic E-state index is 12.9. The quantitative estimate of drug-likeness (QED) is 0.841. The number of hydrogen-bond acceptors (Lipinski definition) is 2. The van der Waals surface area contributed by atoms with Crippen molar-refractivity contribution >= 4 is 5.78 Å². The van der Waals surface area contributed by atoms with Gasteiger partial charge in [0.25, 0.3) is 0 Å². The second-order valence-corrected chi connectivity index (χ2v) is 5.00. The number of alkyl halides is 3. The van der Waals surface area contributed by atoms with E-state index in [2.05, 4.69) is 4.98 Å². The lowest BCUT2D eigenvalue weighted by Gasteiger charge is -2.31. The van der Waals surface area contributed by atoms with E-state index < -0.39 is 18.0 Å². The van der Waals surface area contributed by atoms with Gasteiger partial charge >= 0.3 is 6.18 Å². The highest BCUT2D eigenvalue weighted by Gasteiger charge is 2.47. The highest BCUT2D eigenvalue weighted by Crippen LogP contribution is 2.42. The molecule has 19 heavy (non-hydrogen) atoms. The fourth-order valence-electron chi connectivity index (χ4n) is 2.72. The number of ketones is 1. The lowest BCUT2D eigenvalue weighted by Crippen LogP contribution is -2.37. The number of carbonyl (C=O) groups excluding carboxylic acids is 1. The average molecular weight is 271 g/mol. The van der Waals surface area contributed by atoms with E-state index in [-0.39, 0.29) is 18.6 Å². The SMILES string of the molecule is O=C(Cc1ccccn1)C1CCCCC1C(F)(F)F. The number of halogens is 3. The van der Waals surface area contributed by atoms with Crippen molar-refractivity contribution in [3.63, 3.8) is 0 Å². The van der Waals surface area contributed by atoms with Gasteiger partial charge in [0, 0.05) is 24.2 Å². The largest absolute Gasteiger partial charge is 0.392 e. The molecule has 2 unspecified atom stereocenters. The van der Waals surface area contributed by atoms with Crippen LogP contribution in [0.25, 0.3) is 0 Å². The van der Waals surface area contributed by atoms with Crippen molar-refractivity contribution in [2.75, 3.05) is 0 Å². The normalized spacial score (nSPS) is 24.2. The second-order valence-electron chi connectivity index (χ2n) is 5.00. The van der Waals surface area contributed by atoms with Crippen LogP contribution in [-0.4, -0.2) is 16.9 Å². The Labute approximate surface area is 110 Å². The Morgan fingerprint density at radius 3 is 2.63 bits per heavy atom. The molecule has 1 fully saturated rings. The summed E-state index contributed by atoms with van der Waals surface area (Å²) in [6.07, 6.45) is -1.06. The van der Waals surface area contributed by atoms with Crippen LogP contribution in [0.3, 0.4) is 0 Å². The molecule has 0 aliphatic heterocycles. The molecule has 104 valence electrons. The van der Waals surface area contributed by atoms with Gasteiger partial charge in [-0.15, -0.1) is 0 Å². The Morgan fingerprint density at radius 2 is 2.00 bits per heavy atom. The number of carbonyl (C=O) groups is 1. The predicted octanol–water partition coefficient (Wildman–Crippen LogP) is 3.56. The van der Waals surface area contributed by atoms with E-state index >= 15 is 0 Å². The fourth-order valence-corrected chi connectivity index (χ4v) is 2.72. The molecule has 2 rings (SSSR count). The van der Waals surface area contributed by atoms with Crippen LogP contribution in [0.2, 0.25) is 0 Å². The summed E-state index contributed by atoms with van der Waals surface area (Å²) in [7, 11) is 0. The van der Waals surface area contributed by atoms with E-state index in [0.717, 1.165) is 0 Å². The number of aromatic nitrogens is 1. The van der Waals surface area contributed by atoms with E-state index in [9.17, 15) is 18.0 Å². The van der Waals surface area contributed by atoms with Crippen molar-refractivity contribution in [3.05, 3.63) is 30.1 Å². The molecule has 5 heteroatoms. The first-order valence-electron chi connectivity index (χ1n) is 6.48. The third kappa shape index (κ3) is 3.55. The number of pyridine rings is 1. The topological polar surface area (TPSA) is 30.0 Å². The zero-order valence-electron chi connectivity index (χ0n) is 10.5. The standard InChI is InChI=1S/C14H16F3NO/c15-14(16,17)12-7-2-1-6-11(12)13(19)9-10-5-3-4-8-18-10/h3-5,8,11-12H,1-2,6-7,9H2. The minimum absolute atomic E-state index is 0.00190. The van der Waals surface area contributed by atoms with Crippen LogP contribution in [0.5, 0.6) is 0 Å². The Morgan fingerprint density at radius 1 is 1.26 bits per heavy atom. The molecule has 1 aromatic rings. The number of nitrogens with zero attached hydrogens (tertiary/aromatic N) is 1. The van der Waals surface area contributed by atoms with Crippen LogP contribution >= 0.6 is 0 Å². The van der Waals surface area contributed by atoms with E-state index in [1.54, 1.807) is 24.4 Å². The third-order valence-electron chi connectivity index (χ3n) is 3.68. The monoisotopic (exact) mass is 271 g/mol. The highest BCUT2D eigenvalue weighted by atomic mass is 19.4. The van der Waals surface area contributed by atoms with E-state index in [1.807, 2.05) is 0 Å². The molecule has 1 aromatic heterocycles. The van der Waals surface area contributed by atoms with E-state index in [1.165, 1.54) is 0 Å². The first-order chi connectivity index (χ1) is 8.98. The average Bonchev–Trinajstić information content (AvgIpc) is 2.39. The molecule has 1 aliphatic carbocycles. The summed E-state index contributed by atoms with van der Waals surface area (Å²) in [4.78, 5) is 16.1. The molecule has 0 spiro atoms. The Balaban J connectivity index is 2.08. The molecule has 2 nitrogen and oxygen atoms in total. The van der Waals surface area contributed by atoms with E-state index in [0.29, 0.717) is 25.0 Å². The Kier molecular flexibility index (Phi) is 4.22. The predicted molar refractivity (Wildman–Crippen MR) is 64.5 cm³/mol. The molecule has 0 amide bonds. The van der Waals surface area contributed by atoms with Crippen LogP contribution in [-0.2, 0) is 11.2 Å². The second kappa shape index (κ2) is 5.72. The highest BCUT2D eigenvalue weighted by molar-refractivity contribution is 5.83. The van der Waals surface area contributed by atoms with E-state index in [4.69, 9.17) is 0 Å². The third-order valence-corrected chi connectivity index (χ3v) is 3.68. The molecule has 0 aromatic carbocycles. The van der Waals surface area contributed by atoms with Gasteiger partial charge in [-0.2, -0.15) is 13.2 Å². The first kappa shape index (κ1) is 14.0. The summed E-state index contributed by atoms with van der Waals surface area (Å²) < 4.78 is 38.8. The fraction of sp³-hybridized carbons (Fsp3) is 0.571. The summed E-state index contributed by atoms with van der Waals surface area (Å²) in [5.41, 5.74) is 0.541. The summed E-state index contributed by atoms with van der Waals surface area (Å²) in [5.74, 6) is -2.70.